The maximum absolute atomic E-state index is 13.0. The summed E-state index contributed by atoms with van der Waals surface area (Å²) in [6.45, 7) is 4.02. The van der Waals surface area contributed by atoms with Gasteiger partial charge < -0.3 is 9.88 Å². The summed E-state index contributed by atoms with van der Waals surface area (Å²) in [4.78, 5) is 11.9. The summed E-state index contributed by atoms with van der Waals surface area (Å²) in [5.74, 6) is -0.560. The molecule has 5 nitrogen and oxygen atoms in total. The lowest BCUT2D eigenvalue weighted by molar-refractivity contribution is -0.113. The zero-order valence-electron chi connectivity index (χ0n) is 11.5. The summed E-state index contributed by atoms with van der Waals surface area (Å²) in [6.07, 6.45) is 1.63. The number of carbonyl (C=O) groups excluding carboxylic acids is 1. The Morgan fingerprint density at radius 1 is 1.52 bits per heavy atom. The van der Waals surface area contributed by atoms with E-state index in [0.29, 0.717) is 10.8 Å². The second-order valence-corrected chi connectivity index (χ2v) is 5.93. The first-order chi connectivity index (χ1) is 9.97. The van der Waals surface area contributed by atoms with Gasteiger partial charge in [0.05, 0.1) is 10.8 Å². The lowest BCUT2D eigenvalue weighted by Crippen LogP contribution is -2.14. The second kappa shape index (κ2) is 6.91. The highest BCUT2D eigenvalue weighted by Gasteiger charge is 2.11. The lowest BCUT2D eigenvalue weighted by atomic mass is 10.3. The quantitative estimate of drug-likeness (QED) is 0.855. The Morgan fingerprint density at radius 3 is 2.95 bits per heavy atom. The maximum atomic E-state index is 13.0. The number of anilines is 1. The average Bonchev–Trinajstić information content (AvgIpc) is 2.89. The number of nitrogens with one attached hydrogen (secondary N) is 1. The normalized spacial score (nSPS) is 10.9. The van der Waals surface area contributed by atoms with E-state index in [9.17, 15) is 9.18 Å². The van der Waals surface area contributed by atoms with Gasteiger partial charge in [-0.2, -0.15) is 0 Å². The summed E-state index contributed by atoms with van der Waals surface area (Å²) in [6, 6.07) is 4.26. The lowest BCUT2D eigenvalue weighted by Gasteiger charge is -2.09. The van der Waals surface area contributed by atoms with E-state index in [1.165, 1.54) is 30.0 Å². The van der Waals surface area contributed by atoms with Crippen molar-refractivity contribution in [3.63, 3.8) is 0 Å². The minimum absolute atomic E-state index is 0.0278. The molecule has 1 heterocycles. The van der Waals surface area contributed by atoms with Crippen molar-refractivity contribution >= 4 is 35.0 Å². The van der Waals surface area contributed by atoms with Crippen LogP contribution in [0.4, 0.5) is 10.1 Å². The Bertz CT molecular complexity index is 647. The van der Waals surface area contributed by atoms with Crippen molar-refractivity contribution in [2.24, 2.45) is 0 Å². The molecule has 1 aromatic carbocycles. The van der Waals surface area contributed by atoms with E-state index in [0.717, 1.165) is 0 Å². The molecule has 0 radical (unpaired) electrons. The Labute approximate surface area is 130 Å². The van der Waals surface area contributed by atoms with Crippen molar-refractivity contribution in [2.75, 3.05) is 11.1 Å². The number of hydrogen-bond donors (Lipinski definition) is 1. The molecular weight excluding hydrogens is 315 g/mol. The van der Waals surface area contributed by atoms with Crippen LogP contribution in [0.3, 0.4) is 0 Å². The molecular formula is C13H14ClFN4OS. The fourth-order valence-electron chi connectivity index (χ4n) is 1.59. The topological polar surface area (TPSA) is 59.8 Å². The monoisotopic (exact) mass is 328 g/mol. The number of aromatic nitrogens is 3. The first-order valence-corrected chi connectivity index (χ1v) is 7.61. The number of benzene rings is 1. The molecule has 0 saturated heterocycles. The van der Waals surface area contributed by atoms with Crippen molar-refractivity contribution in [2.45, 2.75) is 25.0 Å². The fraction of sp³-hybridized carbons (Fsp3) is 0.308. The largest absolute Gasteiger partial charge is 0.325 e. The minimum atomic E-state index is -0.519. The van der Waals surface area contributed by atoms with Gasteiger partial charge >= 0.3 is 0 Å². The summed E-state index contributed by atoms with van der Waals surface area (Å²) >= 11 is 6.95. The van der Waals surface area contributed by atoms with E-state index in [-0.39, 0.29) is 22.7 Å². The summed E-state index contributed by atoms with van der Waals surface area (Å²) in [7, 11) is 0. The van der Waals surface area contributed by atoms with Gasteiger partial charge in [0.15, 0.2) is 5.16 Å². The second-order valence-electron chi connectivity index (χ2n) is 4.58. The molecule has 2 aromatic rings. The average molecular weight is 329 g/mol. The third kappa shape index (κ3) is 4.18. The van der Waals surface area contributed by atoms with Gasteiger partial charge in [-0.3, -0.25) is 4.79 Å². The smallest absolute Gasteiger partial charge is 0.234 e. The van der Waals surface area contributed by atoms with Crippen molar-refractivity contribution in [3.8, 4) is 0 Å². The molecule has 0 atom stereocenters. The van der Waals surface area contributed by atoms with Gasteiger partial charge in [-0.15, -0.1) is 10.2 Å². The van der Waals surface area contributed by atoms with E-state index in [1.54, 1.807) is 6.33 Å². The van der Waals surface area contributed by atoms with Gasteiger partial charge in [0.25, 0.3) is 0 Å². The highest BCUT2D eigenvalue weighted by molar-refractivity contribution is 7.99. The SMILES string of the molecule is CC(C)n1cnnc1SCC(=O)Nc1ccc(F)c(Cl)c1. The van der Waals surface area contributed by atoms with Crippen LogP contribution in [0.15, 0.2) is 29.7 Å². The summed E-state index contributed by atoms with van der Waals surface area (Å²) in [5.41, 5.74) is 0.456. The number of amides is 1. The van der Waals surface area contributed by atoms with Crippen LogP contribution in [0, 0.1) is 5.82 Å². The Kier molecular flexibility index (Phi) is 5.19. The molecule has 8 heteroatoms. The van der Waals surface area contributed by atoms with Crippen molar-refractivity contribution in [1.29, 1.82) is 0 Å². The molecule has 1 amide bonds. The van der Waals surface area contributed by atoms with Crippen molar-refractivity contribution < 1.29 is 9.18 Å². The molecule has 0 fully saturated rings. The van der Waals surface area contributed by atoms with Gasteiger partial charge in [-0.25, -0.2) is 4.39 Å². The molecule has 0 aliphatic carbocycles. The standard InChI is InChI=1S/C13H14ClFN4OS/c1-8(2)19-7-16-18-13(19)21-6-12(20)17-9-3-4-11(15)10(14)5-9/h3-5,7-8H,6H2,1-2H3,(H,17,20). The number of nitrogens with zero attached hydrogens (tertiary/aromatic N) is 3. The van der Waals surface area contributed by atoms with Crippen LogP contribution in [-0.4, -0.2) is 26.4 Å². The molecule has 0 saturated carbocycles. The predicted molar refractivity (Wildman–Crippen MR) is 81.2 cm³/mol. The first-order valence-electron chi connectivity index (χ1n) is 6.24. The third-order valence-electron chi connectivity index (χ3n) is 2.63. The molecule has 0 spiro atoms. The Balaban J connectivity index is 1.93. The van der Waals surface area contributed by atoms with Crippen LogP contribution in [-0.2, 0) is 4.79 Å². The Morgan fingerprint density at radius 2 is 2.29 bits per heavy atom. The van der Waals surface area contributed by atoms with Gasteiger partial charge in [0.2, 0.25) is 5.91 Å². The highest BCUT2D eigenvalue weighted by atomic mass is 35.5. The van der Waals surface area contributed by atoms with E-state index in [4.69, 9.17) is 11.6 Å². The van der Waals surface area contributed by atoms with Crippen LogP contribution < -0.4 is 5.32 Å². The molecule has 2 rings (SSSR count). The summed E-state index contributed by atoms with van der Waals surface area (Å²) in [5, 5.41) is 11.1. The van der Waals surface area contributed by atoms with E-state index >= 15 is 0 Å². The van der Waals surface area contributed by atoms with Crippen LogP contribution in [0.25, 0.3) is 0 Å². The fourth-order valence-corrected chi connectivity index (χ4v) is 2.62. The van der Waals surface area contributed by atoms with E-state index in [2.05, 4.69) is 15.5 Å². The minimum Gasteiger partial charge on any atom is -0.325 e. The third-order valence-corrected chi connectivity index (χ3v) is 3.88. The number of carbonyl (C=O) groups is 1. The molecule has 0 bridgehead atoms. The number of rotatable bonds is 5. The van der Waals surface area contributed by atoms with Gasteiger partial charge in [0, 0.05) is 11.7 Å². The molecule has 1 aromatic heterocycles. The first kappa shape index (κ1) is 15.8. The molecule has 0 unspecified atom stereocenters. The predicted octanol–water partition coefficient (Wildman–Crippen LogP) is 3.38. The number of hydrogen-bond acceptors (Lipinski definition) is 4. The number of thioether (sulfide) groups is 1. The maximum Gasteiger partial charge on any atom is 0.234 e. The van der Waals surface area contributed by atoms with Crippen LogP contribution in [0.1, 0.15) is 19.9 Å². The van der Waals surface area contributed by atoms with Gasteiger partial charge in [0.1, 0.15) is 12.1 Å². The van der Waals surface area contributed by atoms with Crippen LogP contribution >= 0.6 is 23.4 Å². The van der Waals surface area contributed by atoms with Crippen molar-refractivity contribution in [3.05, 3.63) is 35.4 Å². The zero-order chi connectivity index (χ0) is 15.4. The van der Waals surface area contributed by atoms with Crippen LogP contribution in [0.2, 0.25) is 5.02 Å². The molecule has 0 aliphatic rings. The van der Waals surface area contributed by atoms with Gasteiger partial charge in [-0.05, 0) is 32.0 Å². The summed E-state index contributed by atoms with van der Waals surface area (Å²) < 4.78 is 14.9. The Hall–Kier alpha value is -1.60. The molecule has 112 valence electrons. The molecule has 21 heavy (non-hydrogen) atoms. The van der Waals surface area contributed by atoms with Gasteiger partial charge in [-0.1, -0.05) is 23.4 Å². The molecule has 1 N–H and O–H groups in total. The number of halogens is 2. The van der Waals surface area contributed by atoms with E-state index in [1.807, 2.05) is 18.4 Å². The van der Waals surface area contributed by atoms with E-state index < -0.39 is 5.82 Å². The highest BCUT2D eigenvalue weighted by Crippen LogP contribution is 2.21. The van der Waals surface area contributed by atoms with Crippen molar-refractivity contribution in [1.82, 2.24) is 14.8 Å². The van der Waals surface area contributed by atoms with Crippen LogP contribution in [0.5, 0.6) is 0 Å². The molecule has 0 aliphatic heterocycles. The zero-order valence-corrected chi connectivity index (χ0v) is 13.1.